The highest BCUT2D eigenvalue weighted by molar-refractivity contribution is 6.35. The van der Waals surface area contributed by atoms with Gasteiger partial charge in [-0.2, -0.15) is 5.26 Å². The maximum atomic E-state index is 11.4. The van der Waals surface area contributed by atoms with Crippen molar-refractivity contribution in [3.63, 3.8) is 0 Å². The summed E-state index contributed by atoms with van der Waals surface area (Å²) < 4.78 is 10.9. The molecule has 8 nitrogen and oxygen atoms in total. The fraction of sp³-hybridized carbons (Fsp3) is 0.296. The molecule has 0 fully saturated rings. The van der Waals surface area contributed by atoms with Gasteiger partial charge in [-0.1, -0.05) is 67.4 Å². The first-order valence-corrected chi connectivity index (χ1v) is 12.4. The van der Waals surface area contributed by atoms with Crippen molar-refractivity contribution in [3.05, 3.63) is 81.2 Å². The number of amides is 1. The number of rotatable bonds is 8. The Balaban J connectivity index is 1.87. The number of primary amides is 1. The van der Waals surface area contributed by atoms with Gasteiger partial charge < -0.3 is 11.1 Å². The van der Waals surface area contributed by atoms with Crippen LogP contribution in [0.4, 0.5) is 5.69 Å². The number of benzene rings is 2. The minimum Gasteiger partial charge on any atom is -0.383 e. The number of fused-ring (bicyclic) bond motifs is 1. The number of aromatic nitrogens is 4. The summed E-state index contributed by atoms with van der Waals surface area (Å²) in [5.74, 6) is -2.06. The summed E-state index contributed by atoms with van der Waals surface area (Å²) in [6.45, 7) is 6.73. The normalized spacial score (nSPS) is 13.6. The van der Waals surface area contributed by atoms with E-state index >= 15 is 0 Å². The molecule has 2 aromatic carbocycles. The second-order valence-corrected chi connectivity index (χ2v) is 10.8. The maximum absolute atomic E-state index is 11.4. The molecule has 0 bridgehead atoms. The highest BCUT2D eigenvalue weighted by atomic mass is 35.5. The first-order valence-electron chi connectivity index (χ1n) is 12.1. The highest BCUT2D eigenvalue weighted by Gasteiger charge is 2.23. The number of anilines is 1. The van der Waals surface area contributed by atoms with Crippen LogP contribution < -0.4 is 11.1 Å². The molecule has 0 spiro atoms. The summed E-state index contributed by atoms with van der Waals surface area (Å²) >= 11 is 13.2. The minimum atomic E-state index is -1.48. The highest BCUT2D eigenvalue weighted by Crippen LogP contribution is 2.36. The molecular formula is C27H27Cl2N7O. The van der Waals surface area contributed by atoms with Crippen LogP contribution in [0.5, 0.6) is 0 Å². The number of halogens is 2. The summed E-state index contributed by atoms with van der Waals surface area (Å²) in [7, 11) is 0. The lowest BCUT2D eigenvalue weighted by Crippen LogP contribution is -2.19. The Morgan fingerprint density at radius 1 is 1.27 bits per heavy atom. The van der Waals surface area contributed by atoms with Gasteiger partial charge in [-0.25, -0.2) is 4.68 Å². The van der Waals surface area contributed by atoms with Gasteiger partial charge in [0, 0.05) is 36.6 Å². The third kappa shape index (κ3) is 6.19. The largest absolute Gasteiger partial charge is 0.383 e. The van der Waals surface area contributed by atoms with Crippen molar-refractivity contribution in [1.29, 1.82) is 5.26 Å². The molecule has 2 heterocycles. The fourth-order valence-corrected chi connectivity index (χ4v) is 4.49. The molecule has 1 amide bonds. The summed E-state index contributed by atoms with van der Waals surface area (Å²) in [5, 5.41) is 22.8. The number of nitrogens with two attached hydrogens (primary N) is 1. The predicted octanol–water partition coefficient (Wildman–Crippen LogP) is 5.32. The van der Waals surface area contributed by atoms with Gasteiger partial charge in [-0.15, -0.1) is 5.10 Å². The number of pyridine rings is 1. The van der Waals surface area contributed by atoms with Crippen molar-refractivity contribution >= 4 is 45.7 Å². The van der Waals surface area contributed by atoms with E-state index in [1.807, 2.05) is 6.07 Å². The van der Waals surface area contributed by atoms with Crippen LogP contribution in [0.25, 0.3) is 10.9 Å². The van der Waals surface area contributed by atoms with Gasteiger partial charge in [0.25, 0.3) is 0 Å². The molecule has 1 atom stereocenters. The fourth-order valence-electron chi connectivity index (χ4n) is 3.95. The zero-order chi connectivity index (χ0) is 27.7. The van der Waals surface area contributed by atoms with Crippen molar-refractivity contribution in [2.75, 3.05) is 11.9 Å². The number of nitrogens with zero attached hydrogens (tertiary/aromatic N) is 5. The van der Waals surface area contributed by atoms with Crippen LogP contribution in [0.1, 0.15) is 50.4 Å². The van der Waals surface area contributed by atoms with E-state index in [1.54, 1.807) is 30.3 Å². The van der Waals surface area contributed by atoms with Crippen LogP contribution in [0.3, 0.4) is 0 Å². The third-order valence-corrected chi connectivity index (χ3v) is 6.26. The van der Waals surface area contributed by atoms with Crippen molar-refractivity contribution in [2.45, 2.75) is 39.6 Å². The van der Waals surface area contributed by atoms with E-state index in [0.29, 0.717) is 49.9 Å². The Labute approximate surface area is 226 Å². The van der Waals surface area contributed by atoms with Crippen molar-refractivity contribution in [2.24, 2.45) is 11.1 Å². The summed E-state index contributed by atoms with van der Waals surface area (Å²) in [5.41, 5.74) is 8.36. The van der Waals surface area contributed by atoms with E-state index in [-0.39, 0.29) is 24.1 Å². The molecule has 4 aromatic rings. The lowest BCUT2D eigenvalue weighted by atomic mass is 9.89. The number of nitriles is 1. The smallest absolute Gasteiger partial charge is 0.239 e. The summed E-state index contributed by atoms with van der Waals surface area (Å²) in [6.07, 6.45) is 3.15. The molecule has 190 valence electrons. The first kappa shape index (κ1) is 25.0. The van der Waals surface area contributed by atoms with Gasteiger partial charge in [0.2, 0.25) is 5.91 Å². The molecule has 0 saturated heterocycles. The third-order valence-electron chi connectivity index (χ3n) is 5.65. The molecule has 0 unspecified atom stereocenters. The topological polar surface area (TPSA) is 123 Å². The average molecular weight is 537 g/mol. The van der Waals surface area contributed by atoms with Gasteiger partial charge in [-0.3, -0.25) is 9.78 Å². The van der Waals surface area contributed by atoms with Crippen LogP contribution in [-0.2, 0) is 17.8 Å². The molecule has 0 radical (unpaired) electrons. The Bertz CT molecular complexity index is 1560. The standard InChI is InChI=1S/C27H27Cl2N7O/c1-27(2,3)15-33-25-17(11-30)12-32-26-20(25)9-16(10-22(26)29)8-19(18-6-4-5-7-21(18)28)23-13-36(35-34-23)14-24(31)37/h4-7,9-10,12-13,19H,8,14-15H2,1-3H3,(H2,31,37)(H,32,33)/t19-/m1/s1/i19D. The number of carbonyl (C=O) groups excluding carboxylic acids is 1. The van der Waals surface area contributed by atoms with Gasteiger partial charge in [-0.05, 0) is 41.2 Å². The Morgan fingerprint density at radius 3 is 2.70 bits per heavy atom. The van der Waals surface area contributed by atoms with Gasteiger partial charge >= 0.3 is 0 Å². The minimum absolute atomic E-state index is 0.0408. The monoisotopic (exact) mass is 536 g/mol. The molecule has 37 heavy (non-hydrogen) atoms. The van der Waals surface area contributed by atoms with E-state index in [9.17, 15) is 11.4 Å². The predicted molar refractivity (Wildman–Crippen MR) is 146 cm³/mol. The maximum Gasteiger partial charge on any atom is 0.239 e. The molecule has 0 aliphatic heterocycles. The Hall–Kier alpha value is -3.67. The number of nitrogens with one attached hydrogen (secondary N) is 1. The zero-order valence-corrected chi connectivity index (χ0v) is 22.2. The molecule has 10 heteroatoms. The quantitative estimate of drug-likeness (QED) is 0.314. The lowest BCUT2D eigenvalue weighted by molar-refractivity contribution is -0.118. The molecule has 3 N–H and O–H groups in total. The molecule has 4 rings (SSSR count). The van der Waals surface area contributed by atoms with Gasteiger partial charge in [0.15, 0.2) is 0 Å². The lowest BCUT2D eigenvalue weighted by Gasteiger charge is -2.22. The molecular weight excluding hydrogens is 509 g/mol. The van der Waals surface area contributed by atoms with E-state index in [1.165, 1.54) is 17.1 Å². The summed E-state index contributed by atoms with van der Waals surface area (Å²) in [4.78, 5) is 15.8. The molecule has 0 aliphatic carbocycles. The summed E-state index contributed by atoms with van der Waals surface area (Å²) in [6, 6.07) is 12.9. The van der Waals surface area contributed by atoms with Crippen LogP contribution >= 0.6 is 23.2 Å². The number of carbonyl (C=O) groups is 1. The van der Waals surface area contributed by atoms with E-state index in [0.717, 1.165) is 0 Å². The van der Waals surface area contributed by atoms with Crippen LogP contribution in [0.2, 0.25) is 10.0 Å². The molecule has 2 aromatic heterocycles. The second kappa shape index (κ2) is 10.8. The Morgan fingerprint density at radius 2 is 2.03 bits per heavy atom. The average Bonchev–Trinajstić information content (AvgIpc) is 3.30. The van der Waals surface area contributed by atoms with Gasteiger partial charge in [0.05, 0.1) is 27.5 Å². The van der Waals surface area contributed by atoms with Crippen molar-refractivity contribution in [1.82, 2.24) is 20.0 Å². The van der Waals surface area contributed by atoms with Crippen LogP contribution in [0, 0.1) is 16.7 Å². The van der Waals surface area contributed by atoms with E-state index in [2.05, 4.69) is 47.5 Å². The van der Waals surface area contributed by atoms with E-state index < -0.39 is 11.8 Å². The number of hydrogen-bond donors (Lipinski definition) is 2. The Kier molecular flexibility index (Phi) is 7.26. The molecule has 0 aliphatic rings. The van der Waals surface area contributed by atoms with E-state index in [4.69, 9.17) is 28.9 Å². The van der Waals surface area contributed by atoms with Crippen molar-refractivity contribution in [3.8, 4) is 6.07 Å². The SMILES string of the molecule is [2H][C@](Cc1cc(Cl)c2ncc(C#N)c(NCC(C)(C)C)c2c1)(c1cn(CC(N)=O)nn1)c1ccccc1Cl. The second-order valence-electron chi connectivity index (χ2n) is 9.95. The number of hydrogen-bond acceptors (Lipinski definition) is 6. The van der Waals surface area contributed by atoms with Crippen LogP contribution in [-0.4, -0.2) is 32.4 Å². The van der Waals surface area contributed by atoms with Gasteiger partial charge in [0.1, 0.15) is 12.6 Å². The van der Waals surface area contributed by atoms with Crippen LogP contribution in [0.15, 0.2) is 48.8 Å². The molecule has 0 saturated carbocycles. The zero-order valence-electron chi connectivity index (χ0n) is 21.7. The van der Waals surface area contributed by atoms with Crippen molar-refractivity contribution < 1.29 is 6.17 Å². The first-order chi connectivity index (χ1) is 17.9.